The van der Waals surface area contributed by atoms with Crippen LogP contribution in [0.1, 0.15) is 30.7 Å². The lowest BCUT2D eigenvalue weighted by atomic mass is 9.75. The molecular formula is C23H20ClFN2O3. The van der Waals surface area contributed by atoms with E-state index in [1.165, 1.54) is 18.1 Å². The quantitative estimate of drug-likeness (QED) is 0.735. The second kappa shape index (κ2) is 7.95. The maximum Gasteiger partial charge on any atom is 0.338 e. The van der Waals surface area contributed by atoms with Crippen LogP contribution in [-0.2, 0) is 14.3 Å². The molecule has 154 valence electrons. The number of ketones is 1. The van der Waals surface area contributed by atoms with Crippen LogP contribution >= 0.6 is 11.6 Å². The van der Waals surface area contributed by atoms with Crippen molar-refractivity contribution in [1.29, 1.82) is 0 Å². The van der Waals surface area contributed by atoms with Gasteiger partial charge in [0.25, 0.3) is 0 Å². The third-order valence-electron chi connectivity index (χ3n) is 5.49. The molecule has 1 aliphatic carbocycles. The van der Waals surface area contributed by atoms with Gasteiger partial charge in [0.05, 0.1) is 24.3 Å². The molecule has 4 rings (SSSR count). The molecule has 0 saturated carbocycles. The highest BCUT2D eigenvalue weighted by molar-refractivity contribution is 6.30. The number of para-hydroxylation sites is 1. The Morgan fingerprint density at radius 2 is 1.87 bits per heavy atom. The summed E-state index contributed by atoms with van der Waals surface area (Å²) >= 11 is 6.03. The van der Waals surface area contributed by atoms with E-state index in [0.29, 0.717) is 41.1 Å². The molecule has 0 radical (unpaired) electrons. The Bertz CT molecular complexity index is 1090. The fraction of sp³-hybridized carbons (Fsp3) is 0.217. The van der Waals surface area contributed by atoms with Gasteiger partial charge in [0.15, 0.2) is 5.78 Å². The molecule has 1 atom stereocenters. The van der Waals surface area contributed by atoms with E-state index in [2.05, 4.69) is 0 Å². The van der Waals surface area contributed by atoms with Crippen molar-refractivity contribution in [3.05, 3.63) is 87.6 Å². The Labute approximate surface area is 178 Å². The van der Waals surface area contributed by atoms with E-state index in [-0.39, 0.29) is 22.9 Å². The standard InChI is InChI=1S/C23H20ClFN2O3/c1-30-23(29)21-19(13-9-11-14(24)12-10-13)20-17(7-4-8-18(20)28)27(22(21)26)16-6-3-2-5-15(16)25/h2-3,5-6,9-12,19H,4,7-8,26H2,1H3/t19-/m1/s1. The number of carbonyl (C=O) groups is 2. The van der Waals surface area contributed by atoms with E-state index in [9.17, 15) is 14.0 Å². The van der Waals surface area contributed by atoms with E-state index < -0.39 is 17.7 Å². The fourth-order valence-electron chi connectivity index (χ4n) is 4.19. The lowest BCUT2D eigenvalue weighted by Crippen LogP contribution is -2.41. The summed E-state index contributed by atoms with van der Waals surface area (Å²) in [6, 6.07) is 13.0. The third-order valence-corrected chi connectivity index (χ3v) is 5.75. The minimum Gasteiger partial charge on any atom is -0.466 e. The number of nitrogens with zero attached hydrogens (tertiary/aromatic N) is 1. The number of carbonyl (C=O) groups excluding carboxylic acids is 2. The van der Waals surface area contributed by atoms with Crippen molar-refractivity contribution in [1.82, 2.24) is 0 Å². The van der Waals surface area contributed by atoms with Gasteiger partial charge in [-0.25, -0.2) is 9.18 Å². The first-order valence-corrected chi connectivity index (χ1v) is 9.96. The maximum atomic E-state index is 14.7. The highest BCUT2D eigenvalue weighted by atomic mass is 35.5. The number of Topliss-reactive ketones (excluding diaryl/α,β-unsaturated/α-hetero) is 1. The average Bonchev–Trinajstić information content (AvgIpc) is 2.74. The van der Waals surface area contributed by atoms with E-state index in [1.807, 2.05) is 0 Å². The molecule has 0 fully saturated rings. The monoisotopic (exact) mass is 426 g/mol. The molecule has 0 aromatic heterocycles. The maximum absolute atomic E-state index is 14.7. The molecule has 0 bridgehead atoms. The Hall–Kier alpha value is -3.12. The topological polar surface area (TPSA) is 72.6 Å². The predicted molar refractivity (Wildman–Crippen MR) is 112 cm³/mol. The van der Waals surface area contributed by atoms with Gasteiger partial charge in [-0.3, -0.25) is 9.69 Å². The van der Waals surface area contributed by atoms with Crippen LogP contribution in [0.2, 0.25) is 5.02 Å². The number of hydrogen-bond donors (Lipinski definition) is 1. The van der Waals surface area contributed by atoms with Gasteiger partial charge in [0.1, 0.15) is 11.6 Å². The molecule has 0 saturated heterocycles. The van der Waals surface area contributed by atoms with E-state index >= 15 is 0 Å². The van der Waals surface area contributed by atoms with Gasteiger partial charge in [-0.15, -0.1) is 0 Å². The van der Waals surface area contributed by atoms with Crippen molar-refractivity contribution in [2.75, 3.05) is 12.0 Å². The zero-order valence-electron chi connectivity index (χ0n) is 16.3. The van der Waals surface area contributed by atoms with E-state index in [1.54, 1.807) is 42.5 Å². The van der Waals surface area contributed by atoms with Crippen molar-refractivity contribution in [2.45, 2.75) is 25.2 Å². The molecule has 2 aromatic rings. The van der Waals surface area contributed by atoms with E-state index in [0.717, 1.165) is 0 Å². The van der Waals surface area contributed by atoms with Gasteiger partial charge in [-0.1, -0.05) is 35.9 Å². The summed E-state index contributed by atoms with van der Waals surface area (Å²) in [5.74, 6) is -1.91. The SMILES string of the molecule is COC(=O)C1=C(N)N(c2ccccc2F)C2=C(C(=O)CCC2)[C@H]1c1ccc(Cl)cc1. The van der Waals surface area contributed by atoms with Crippen molar-refractivity contribution >= 4 is 29.0 Å². The number of benzene rings is 2. The van der Waals surface area contributed by atoms with Gasteiger partial charge in [0, 0.05) is 22.7 Å². The highest BCUT2D eigenvalue weighted by Crippen LogP contribution is 2.47. The smallest absolute Gasteiger partial charge is 0.338 e. The minimum atomic E-state index is -0.708. The number of methoxy groups -OCH3 is 1. The summed E-state index contributed by atoms with van der Waals surface area (Å²) in [4.78, 5) is 27.4. The molecule has 2 aliphatic rings. The lowest BCUT2D eigenvalue weighted by Gasteiger charge is -2.40. The van der Waals surface area contributed by atoms with Crippen LogP contribution in [0.25, 0.3) is 0 Å². The van der Waals surface area contributed by atoms with Crippen LogP contribution in [0.4, 0.5) is 10.1 Å². The molecular weight excluding hydrogens is 407 g/mol. The number of allylic oxidation sites excluding steroid dienone is 2. The molecule has 0 spiro atoms. The third kappa shape index (κ3) is 3.27. The van der Waals surface area contributed by atoms with Crippen LogP contribution in [-0.4, -0.2) is 18.9 Å². The van der Waals surface area contributed by atoms with Crippen molar-refractivity contribution < 1.29 is 18.7 Å². The molecule has 1 aliphatic heterocycles. The number of ether oxygens (including phenoxy) is 1. The number of anilines is 1. The minimum absolute atomic E-state index is 0.0559. The van der Waals surface area contributed by atoms with Crippen molar-refractivity contribution in [3.8, 4) is 0 Å². The largest absolute Gasteiger partial charge is 0.466 e. The van der Waals surface area contributed by atoms with E-state index in [4.69, 9.17) is 22.1 Å². The molecule has 0 unspecified atom stereocenters. The summed E-state index contributed by atoms with van der Waals surface area (Å²) in [6.07, 6.45) is 1.51. The highest BCUT2D eigenvalue weighted by Gasteiger charge is 2.43. The molecule has 2 aromatic carbocycles. The van der Waals surface area contributed by atoms with Crippen LogP contribution in [0, 0.1) is 5.82 Å². The zero-order chi connectivity index (χ0) is 21.4. The van der Waals surface area contributed by atoms with Gasteiger partial charge in [0.2, 0.25) is 0 Å². The molecule has 0 amide bonds. The molecule has 5 nitrogen and oxygen atoms in total. The average molecular weight is 427 g/mol. The number of rotatable bonds is 3. The van der Waals surface area contributed by atoms with Crippen molar-refractivity contribution in [2.24, 2.45) is 5.73 Å². The second-order valence-electron chi connectivity index (χ2n) is 7.20. The zero-order valence-corrected chi connectivity index (χ0v) is 17.1. The number of halogens is 2. The number of esters is 1. The molecule has 1 heterocycles. The lowest BCUT2D eigenvalue weighted by molar-refractivity contribution is -0.136. The fourth-order valence-corrected chi connectivity index (χ4v) is 4.32. The summed E-state index contributed by atoms with van der Waals surface area (Å²) in [7, 11) is 1.25. The van der Waals surface area contributed by atoms with Crippen LogP contribution < -0.4 is 10.6 Å². The normalized spacial score (nSPS) is 19.1. The van der Waals surface area contributed by atoms with Gasteiger partial charge >= 0.3 is 5.97 Å². The van der Waals surface area contributed by atoms with Gasteiger partial charge in [-0.2, -0.15) is 0 Å². The number of nitrogens with two attached hydrogens (primary N) is 1. The van der Waals surface area contributed by atoms with Crippen molar-refractivity contribution in [3.63, 3.8) is 0 Å². The molecule has 30 heavy (non-hydrogen) atoms. The molecule has 2 N–H and O–H groups in total. The number of hydrogen-bond acceptors (Lipinski definition) is 5. The predicted octanol–water partition coefficient (Wildman–Crippen LogP) is 4.43. The summed E-state index contributed by atoms with van der Waals surface area (Å²) < 4.78 is 19.7. The van der Waals surface area contributed by atoms with Gasteiger partial charge in [-0.05, 0) is 42.7 Å². The molecule has 7 heteroatoms. The Morgan fingerprint density at radius 1 is 1.17 bits per heavy atom. The Balaban J connectivity index is 2.02. The van der Waals surface area contributed by atoms with Crippen LogP contribution in [0.15, 0.2) is 71.2 Å². The summed E-state index contributed by atoms with van der Waals surface area (Å²) in [5, 5.41) is 0.531. The summed E-state index contributed by atoms with van der Waals surface area (Å²) in [6.45, 7) is 0. The van der Waals surface area contributed by atoms with Gasteiger partial charge < -0.3 is 10.5 Å². The first kappa shape index (κ1) is 20.2. The van der Waals surface area contributed by atoms with Crippen LogP contribution in [0.5, 0.6) is 0 Å². The first-order valence-electron chi connectivity index (χ1n) is 9.58. The first-order chi connectivity index (χ1) is 14.4. The Kier molecular flexibility index (Phi) is 5.35. The second-order valence-corrected chi connectivity index (χ2v) is 7.64. The Morgan fingerprint density at radius 3 is 2.53 bits per heavy atom. The van der Waals surface area contributed by atoms with Crippen LogP contribution in [0.3, 0.4) is 0 Å². The summed E-state index contributed by atoms with van der Waals surface area (Å²) in [5.41, 5.74) is 8.53.